The number of nitrogens with zero attached hydrogens (tertiary/aromatic N) is 4. The average Bonchev–Trinajstić information content (AvgIpc) is 4.03. The third-order valence-electron chi connectivity index (χ3n) is 10.5. The number of rotatable bonds is 15. The second-order valence-electron chi connectivity index (χ2n) is 13.8. The molecule has 6 rings (SSSR count). The Morgan fingerprint density at radius 1 is 0.833 bits per heavy atom. The largest absolute Gasteiger partial charge is 0.465 e. The first-order valence-electron chi connectivity index (χ1n) is 18.4. The van der Waals surface area contributed by atoms with Crippen LogP contribution in [0, 0.1) is 0 Å². The maximum Gasteiger partial charge on any atom is 0.407 e. The molecular weight excluding hydrogens is 692 g/mol. The summed E-state index contributed by atoms with van der Waals surface area (Å²) in [4.78, 5) is 57.3. The average molecular weight is 743 g/mol. The molecule has 0 aliphatic carbocycles. The van der Waals surface area contributed by atoms with Crippen LogP contribution in [-0.2, 0) is 19.0 Å². The minimum absolute atomic E-state index is 0.0676. The van der Waals surface area contributed by atoms with Crippen LogP contribution in [0.5, 0.6) is 0 Å². The summed E-state index contributed by atoms with van der Waals surface area (Å²) in [5.74, 6) is 1.40. The molecule has 0 saturated carbocycles. The number of imidazole rings is 2. The zero-order chi connectivity index (χ0) is 38.2. The van der Waals surface area contributed by atoms with E-state index in [1.54, 1.807) is 25.3 Å². The van der Waals surface area contributed by atoms with Gasteiger partial charge < -0.3 is 44.8 Å². The number of ether oxygens (including phenoxy) is 3. The summed E-state index contributed by atoms with van der Waals surface area (Å²) in [6.45, 7) is 4.16. The molecule has 5 atom stereocenters. The van der Waals surface area contributed by atoms with Crippen LogP contribution in [0.3, 0.4) is 0 Å². The van der Waals surface area contributed by atoms with E-state index in [9.17, 15) is 19.5 Å². The number of hydrogen-bond acceptors (Lipinski definition) is 9. The first kappa shape index (κ1) is 38.5. The Hall–Kier alpha value is -5.25. The number of alkyl carbamates (subject to hydrolysis) is 1. The Morgan fingerprint density at radius 3 is 1.94 bits per heavy atom. The van der Waals surface area contributed by atoms with Crippen LogP contribution in [0.25, 0.3) is 33.6 Å². The van der Waals surface area contributed by atoms with Gasteiger partial charge >= 0.3 is 12.2 Å². The van der Waals surface area contributed by atoms with Gasteiger partial charge in [0, 0.05) is 40.3 Å². The van der Waals surface area contributed by atoms with Crippen molar-refractivity contribution in [1.29, 1.82) is 0 Å². The summed E-state index contributed by atoms with van der Waals surface area (Å²) >= 11 is 0. The number of methoxy groups -OCH3 is 3. The monoisotopic (exact) mass is 742 g/mol. The lowest BCUT2D eigenvalue weighted by atomic mass is 10.0. The highest BCUT2D eigenvalue weighted by Gasteiger charge is 2.36. The summed E-state index contributed by atoms with van der Waals surface area (Å²) in [6, 6.07) is 15.3. The Bertz CT molecular complexity index is 1860. The molecule has 2 aliphatic rings. The van der Waals surface area contributed by atoms with Gasteiger partial charge in [0.25, 0.3) is 0 Å². The molecule has 0 unspecified atom stereocenters. The molecule has 2 aromatic carbocycles. The summed E-state index contributed by atoms with van der Waals surface area (Å²) in [6.07, 6.45) is 5.55. The lowest BCUT2D eigenvalue weighted by Gasteiger charge is -2.30. The number of likely N-dealkylation sites (tertiary alicyclic amines) is 2. The van der Waals surface area contributed by atoms with E-state index in [0.29, 0.717) is 31.9 Å². The number of amides is 3. The van der Waals surface area contributed by atoms with E-state index in [-0.39, 0.29) is 30.1 Å². The fraction of sp³-hybridized carbons (Fsp3) is 0.462. The molecule has 2 aliphatic heterocycles. The van der Waals surface area contributed by atoms with Crippen molar-refractivity contribution in [1.82, 2.24) is 40.4 Å². The minimum Gasteiger partial charge on any atom is -0.465 e. The molecule has 15 nitrogen and oxygen atoms in total. The highest BCUT2D eigenvalue weighted by molar-refractivity contribution is 5.86. The zero-order valence-corrected chi connectivity index (χ0v) is 31.2. The fourth-order valence-corrected chi connectivity index (χ4v) is 7.44. The van der Waals surface area contributed by atoms with Crippen molar-refractivity contribution >= 4 is 18.1 Å². The van der Waals surface area contributed by atoms with Crippen LogP contribution in [0.4, 0.5) is 9.59 Å². The van der Waals surface area contributed by atoms with E-state index in [1.807, 2.05) is 13.1 Å². The van der Waals surface area contributed by atoms with Gasteiger partial charge in [-0.3, -0.25) is 9.69 Å². The quantitative estimate of drug-likeness (QED) is 0.106. The summed E-state index contributed by atoms with van der Waals surface area (Å²) in [7, 11) is 4.42. The molecule has 2 fully saturated rings. The number of aromatic nitrogens is 4. The van der Waals surface area contributed by atoms with Crippen LogP contribution in [-0.4, -0.2) is 119 Å². The molecule has 3 amide bonds. The molecule has 54 heavy (non-hydrogen) atoms. The predicted molar refractivity (Wildman–Crippen MR) is 202 cm³/mol. The summed E-state index contributed by atoms with van der Waals surface area (Å²) < 4.78 is 15.3. The van der Waals surface area contributed by atoms with Crippen LogP contribution < -0.4 is 10.6 Å². The molecule has 0 bridgehead atoms. The maximum atomic E-state index is 13.5. The Kier molecular flexibility index (Phi) is 12.6. The second-order valence-corrected chi connectivity index (χ2v) is 13.8. The second kappa shape index (κ2) is 17.7. The molecule has 4 aromatic rings. The van der Waals surface area contributed by atoms with Gasteiger partial charge in [0.15, 0.2) is 0 Å². The maximum absolute atomic E-state index is 13.5. The van der Waals surface area contributed by atoms with E-state index in [4.69, 9.17) is 19.2 Å². The van der Waals surface area contributed by atoms with E-state index in [0.717, 1.165) is 71.7 Å². The number of hydrogen-bond donors (Lipinski definition) is 5. The lowest BCUT2D eigenvalue weighted by molar-refractivity contribution is -0.134. The van der Waals surface area contributed by atoms with Crippen molar-refractivity contribution in [3.8, 4) is 33.6 Å². The van der Waals surface area contributed by atoms with Crippen molar-refractivity contribution < 1.29 is 33.7 Å². The van der Waals surface area contributed by atoms with Gasteiger partial charge in [0.1, 0.15) is 17.7 Å². The molecule has 288 valence electrons. The number of aromatic amines is 2. The Labute approximate surface area is 314 Å². The van der Waals surface area contributed by atoms with Gasteiger partial charge in [0.05, 0.1) is 55.1 Å². The molecular formula is C39H50N8O7. The third kappa shape index (κ3) is 8.92. The van der Waals surface area contributed by atoms with Crippen LogP contribution >= 0.6 is 0 Å². The SMILES string of the molecule is COCC[C@H](NC(=O)OC)C(=O)N1CCC[C@H]1c1ncc(-c2ccc(-c3ccc(-c4cnc([C@@H]5CCCN5C[C@H](NC(=O)O)[C@@H](C)OC)[nH]4)cc3)cc2)[nH]1. The van der Waals surface area contributed by atoms with Gasteiger partial charge in [0.2, 0.25) is 5.91 Å². The highest BCUT2D eigenvalue weighted by Crippen LogP contribution is 2.34. The molecule has 5 N–H and O–H groups in total. The first-order chi connectivity index (χ1) is 26.2. The summed E-state index contributed by atoms with van der Waals surface area (Å²) in [5.41, 5.74) is 5.92. The normalized spacial score (nSPS) is 19.0. The number of benzene rings is 2. The van der Waals surface area contributed by atoms with E-state index in [2.05, 4.69) is 79.0 Å². The molecule has 2 saturated heterocycles. The zero-order valence-electron chi connectivity index (χ0n) is 31.2. The Balaban J connectivity index is 1.09. The van der Waals surface area contributed by atoms with Gasteiger partial charge in [-0.2, -0.15) is 0 Å². The molecule has 0 spiro atoms. The number of nitrogens with one attached hydrogen (secondary N) is 4. The van der Waals surface area contributed by atoms with Gasteiger partial charge in [-0.1, -0.05) is 48.5 Å². The number of carbonyl (C=O) groups excluding carboxylic acids is 2. The Morgan fingerprint density at radius 2 is 1.39 bits per heavy atom. The summed E-state index contributed by atoms with van der Waals surface area (Å²) in [5, 5.41) is 14.6. The van der Waals surface area contributed by atoms with Crippen LogP contribution in [0.15, 0.2) is 60.9 Å². The predicted octanol–water partition coefficient (Wildman–Crippen LogP) is 5.37. The van der Waals surface area contributed by atoms with E-state index in [1.165, 1.54) is 7.11 Å². The lowest BCUT2D eigenvalue weighted by Crippen LogP contribution is -2.49. The van der Waals surface area contributed by atoms with Gasteiger partial charge in [-0.15, -0.1) is 0 Å². The van der Waals surface area contributed by atoms with Crippen LogP contribution in [0.2, 0.25) is 0 Å². The molecule has 0 radical (unpaired) electrons. The fourth-order valence-electron chi connectivity index (χ4n) is 7.44. The van der Waals surface area contributed by atoms with Crippen molar-refractivity contribution in [3.05, 3.63) is 72.6 Å². The number of H-pyrrole nitrogens is 2. The van der Waals surface area contributed by atoms with E-state index < -0.39 is 18.2 Å². The molecule has 2 aromatic heterocycles. The van der Waals surface area contributed by atoms with Crippen LogP contribution in [0.1, 0.15) is 62.8 Å². The van der Waals surface area contributed by atoms with Crippen molar-refractivity contribution in [2.75, 3.05) is 47.6 Å². The molecule has 4 heterocycles. The van der Waals surface area contributed by atoms with Crippen molar-refractivity contribution in [2.45, 2.75) is 69.3 Å². The number of carbonyl (C=O) groups is 3. The standard InChI is InChI=1S/C39H50N8O7/c1-24(53-3)32(44-38(49)50)23-46-18-5-7-33(46)35-40-21-30(42-35)27-13-9-25(10-14-27)26-11-15-28(16-12-26)31-22-41-36(43-31)34-8-6-19-47(34)37(48)29(17-20-52-2)45-39(51)54-4/h9-16,21-22,24,29,32-34,44H,5-8,17-20,23H2,1-4H3,(H,40,42)(H,41,43)(H,45,51)(H,49,50)/t24-,29+,32+,33+,34+/m1/s1. The van der Waals surface area contributed by atoms with Gasteiger partial charge in [-0.05, 0) is 61.4 Å². The smallest absolute Gasteiger partial charge is 0.407 e. The number of carboxylic acid groups (broad SMARTS) is 1. The third-order valence-corrected chi connectivity index (χ3v) is 10.5. The van der Waals surface area contributed by atoms with Crippen molar-refractivity contribution in [2.24, 2.45) is 0 Å². The first-order valence-corrected chi connectivity index (χ1v) is 18.4. The van der Waals surface area contributed by atoms with E-state index >= 15 is 0 Å². The van der Waals surface area contributed by atoms with Crippen molar-refractivity contribution in [3.63, 3.8) is 0 Å². The minimum atomic E-state index is -1.06. The topological polar surface area (TPSA) is 187 Å². The highest BCUT2D eigenvalue weighted by atomic mass is 16.5. The molecule has 15 heteroatoms. The van der Waals surface area contributed by atoms with Gasteiger partial charge in [-0.25, -0.2) is 19.6 Å².